The summed E-state index contributed by atoms with van der Waals surface area (Å²) in [7, 11) is 0. The van der Waals surface area contributed by atoms with Crippen molar-refractivity contribution >= 4 is 23.7 Å². The van der Waals surface area contributed by atoms with E-state index in [9.17, 15) is 19.2 Å². The lowest BCUT2D eigenvalue weighted by Crippen LogP contribution is -2.59. The van der Waals surface area contributed by atoms with Gasteiger partial charge in [0.1, 0.15) is 25.0 Å². The predicted molar refractivity (Wildman–Crippen MR) is 181 cm³/mol. The second kappa shape index (κ2) is 18.8. The fourth-order valence-electron chi connectivity index (χ4n) is 5.19. The van der Waals surface area contributed by atoms with Crippen molar-refractivity contribution < 1.29 is 42.2 Å². The lowest BCUT2D eigenvalue weighted by molar-refractivity contribution is -0.160. The summed E-state index contributed by atoms with van der Waals surface area (Å²) in [6.45, 7) is 7.12. The first-order valence-electron chi connectivity index (χ1n) is 16.6. The van der Waals surface area contributed by atoms with E-state index in [2.05, 4.69) is 20.9 Å². The van der Waals surface area contributed by atoms with Gasteiger partial charge in [-0.15, -0.1) is 0 Å². The quantitative estimate of drug-likeness (QED) is 0.181. The molecule has 1 aliphatic heterocycles. The molecule has 3 aromatic carbocycles. The number of rotatable bonds is 17. The minimum atomic E-state index is -4.48. The highest BCUT2D eigenvalue weighted by atomic mass is 19.3. The Bertz CT molecular complexity index is 1540. The lowest BCUT2D eigenvalue weighted by atomic mass is 9.96. The van der Waals surface area contributed by atoms with Crippen molar-refractivity contribution in [2.75, 3.05) is 39.5 Å². The molecule has 3 aromatic rings. The van der Waals surface area contributed by atoms with Gasteiger partial charge in [0.25, 0.3) is 5.91 Å². The van der Waals surface area contributed by atoms with Crippen molar-refractivity contribution in [2.45, 2.75) is 51.4 Å². The first-order chi connectivity index (χ1) is 24.0. The smallest absolute Gasteiger partial charge is 0.408 e. The molecule has 1 aliphatic rings. The van der Waals surface area contributed by atoms with E-state index in [4.69, 9.17) is 14.2 Å². The number of ether oxygens (including phenoxy) is 3. The third-order valence-corrected chi connectivity index (χ3v) is 8.10. The average Bonchev–Trinajstić information content (AvgIpc) is 3.13. The minimum Gasteiger partial charge on any atom is -0.492 e. The molecule has 1 saturated heterocycles. The first-order valence-corrected chi connectivity index (χ1v) is 16.6. The third-order valence-electron chi connectivity index (χ3n) is 8.10. The predicted octanol–water partition coefficient (Wildman–Crippen LogP) is 3.90. The topological polar surface area (TPSA) is 135 Å². The summed E-state index contributed by atoms with van der Waals surface area (Å²) in [5, 5.41) is 6.96. The number of Topliss-reactive ketones (excluding diaryl/α,β-unsaturated/α-hetero) is 1. The Morgan fingerprint density at radius 1 is 0.840 bits per heavy atom. The lowest BCUT2D eigenvalue weighted by Gasteiger charge is -2.27. The number of benzene rings is 3. The van der Waals surface area contributed by atoms with Gasteiger partial charge < -0.3 is 30.2 Å². The largest absolute Gasteiger partial charge is 0.492 e. The summed E-state index contributed by atoms with van der Waals surface area (Å²) in [6, 6.07) is 20.7. The van der Waals surface area contributed by atoms with E-state index in [-0.39, 0.29) is 19.6 Å². The molecule has 0 radical (unpaired) electrons. The van der Waals surface area contributed by atoms with Crippen LogP contribution in [0.3, 0.4) is 0 Å². The van der Waals surface area contributed by atoms with Crippen LogP contribution in [0.1, 0.15) is 30.5 Å². The molecule has 0 spiro atoms. The van der Waals surface area contributed by atoms with Crippen LogP contribution < -0.4 is 20.7 Å². The molecule has 1 unspecified atom stereocenters. The minimum absolute atomic E-state index is 0.0581. The fraction of sp³-hybridized carbons (Fsp3) is 0.405. The van der Waals surface area contributed by atoms with Crippen LogP contribution in [-0.2, 0) is 43.4 Å². The monoisotopic (exact) mass is 694 g/mol. The van der Waals surface area contributed by atoms with E-state index in [1.54, 1.807) is 92.7 Å². The number of morpholine rings is 1. The van der Waals surface area contributed by atoms with Gasteiger partial charge in [-0.3, -0.25) is 19.3 Å². The van der Waals surface area contributed by atoms with Crippen LogP contribution in [0.4, 0.5) is 13.6 Å². The van der Waals surface area contributed by atoms with Crippen LogP contribution in [0.25, 0.3) is 0 Å². The van der Waals surface area contributed by atoms with E-state index in [0.29, 0.717) is 43.2 Å². The molecule has 0 saturated carbocycles. The molecule has 0 aromatic heterocycles. The summed E-state index contributed by atoms with van der Waals surface area (Å²) < 4.78 is 47.4. The highest BCUT2D eigenvalue weighted by Gasteiger charge is 2.50. The maximum absolute atomic E-state index is 15.5. The molecule has 11 nitrogen and oxygen atoms in total. The molecule has 2 atom stereocenters. The summed E-state index contributed by atoms with van der Waals surface area (Å²) in [5.74, 6) is -8.94. The van der Waals surface area contributed by atoms with E-state index in [1.165, 1.54) is 0 Å². The van der Waals surface area contributed by atoms with E-state index >= 15 is 8.78 Å². The van der Waals surface area contributed by atoms with Crippen molar-refractivity contribution in [3.8, 4) is 5.75 Å². The fourth-order valence-corrected chi connectivity index (χ4v) is 5.19. The van der Waals surface area contributed by atoms with Gasteiger partial charge in [-0.1, -0.05) is 86.6 Å². The Morgan fingerprint density at radius 2 is 1.46 bits per heavy atom. The summed E-state index contributed by atoms with van der Waals surface area (Å²) in [4.78, 5) is 54.4. The van der Waals surface area contributed by atoms with Gasteiger partial charge in [-0.05, 0) is 34.7 Å². The van der Waals surface area contributed by atoms with Crippen molar-refractivity contribution in [2.24, 2.45) is 5.92 Å². The second-order valence-electron chi connectivity index (χ2n) is 12.2. The van der Waals surface area contributed by atoms with Crippen LogP contribution in [0.15, 0.2) is 84.9 Å². The summed E-state index contributed by atoms with van der Waals surface area (Å²) in [5.41, 5.74) is 1.72. The highest BCUT2D eigenvalue weighted by Crippen LogP contribution is 2.22. The normalized spacial score (nSPS) is 14.7. The molecule has 4 rings (SSSR count). The number of ketones is 1. The molecule has 268 valence electrons. The number of carbonyl (C=O) groups is 4. The molecule has 0 aliphatic carbocycles. The molecule has 50 heavy (non-hydrogen) atoms. The van der Waals surface area contributed by atoms with Gasteiger partial charge in [0.15, 0.2) is 0 Å². The number of nitrogens with one attached hydrogen (secondary N) is 3. The summed E-state index contributed by atoms with van der Waals surface area (Å²) in [6.07, 6.45) is -1.26. The molecule has 3 N–H and O–H groups in total. The van der Waals surface area contributed by atoms with Crippen molar-refractivity contribution in [3.05, 3.63) is 102 Å². The zero-order valence-electron chi connectivity index (χ0n) is 28.2. The van der Waals surface area contributed by atoms with E-state index in [1.807, 2.05) is 6.07 Å². The SMILES string of the molecule is CC(C)[C@H](NC(=O)OCc1ccccc1)C(=O)NC(Cc1ccc(OCCN2CCOCC2)cc1)C(=O)C(F)(F)C(=O)NCc1ccccc1. The zero-order valence-corrected chi connectivity index (χ0v) is 28.2. The third kappa shape index (κ3) is 11.6. The molecule has 1 fully saturated rings. The van der Waals surface area contributed by atoms with E-state index < -0.39 is 47.6 Å². The summed E-state index contributed by atoms with van der Waals surface area (Å²) >= 11 is 0. The second-order valence-corrected chi connectivity index (χ2v) is 12.2. The standard InChI is InChI=1S/C37H44F2N4O7/c1-26(2)32(42-36(47)50-25-29-11-7-4-8-12-29)34(45)41-31(33(44)37(38,39)35(46)40-24-28-9-5-3-6-10-28)23-27-13-15-30(16-14-27)49-22-19-43-17-20-48-21-18-43/h3-16,26,31-32H,17-25H2,1-2H3,(H,40,46)(H,41,45)(H,42,47)/t31?,32-/m0/s1. The Labute approximate surface area is 290 Å². The highest BCUT2D eigenvalue weighted by molar-refractivity contribution is 6.10. The van der Waals surface area contributed by atoms with Gasteiger partial charge >= 0.3 is 12.0 Å². The Hall–Kier alpha value is -4.88. The average molecular weight is 695 g/mol. The molecule has 13 heteroatoms. The Kier molecular flexibility index (Phi) is 14.2. The van der Waals surface area contributed by atoms with Crippen LogP contribution >= 0.6 is 0 Å². The number of amides is 3. The maximum Gasteiger partial charge on any atom is 0.408 e. The number of alkyl carbamates (subject to hydrolysis) is 1. The maximum atomic E-state index is 15.5. The van der Waals surface area contributed by atoms with Crippen LogP contribution in [0.2, 0.25) is 0 Å². The van der Waals surface area contributed by atoms with Gasteiger partial charge in [-0.2, -0.15) is 8.78 Å². The molecule has 3 amide bonds. The van der Waals surface area contributed by atoms with Crippen LogP contribution in [-0.4, -0.2) is 86.1 Å². The number of halogens is 2. The van der Waals surface area contributed by atoms with Gasteiger partial charge in [0.2, 0.25) is 11.7 Å². The Balaban J connectivity index is 1.45. The number of hydrogen-bond acceptors (Lipinski definition) is 8. The van der Waals surface area contributed by atoms with Crippen molar-refractivity contribution in [1.29, 1.82) is 0 Å². The number of alkyl halides is 2. The van der Waals surface area contributed by atoms with Gasteiger partial charge in [0.05, 0.1) is 19.3 Å². The number of carbonyl (C=O) groups excluding carboxylic acids is 4. The van der Waals surface area contributed by atoms with Crippen molar-refractivity contribution in [3.63, 3.8) is 0 Å². The Morgan fingerprint density at radius 3 is 2.08 bits per heavy atom. The van der Waals surface area contributed by atoms with Crippen LogP contribution in [0.5, 0.6) is 5.75 Å². The number of hydrogen-bond donors (Lipinski definition) is 3. The molecule has 0 bridgehead atoms. The van der Waals surface area contributed by atoms with Crippen molar-refractivity contribution in [1.82, 2.24) is 20.9 Å². The van der Waals surface area contributed by atoms with Gasteiger partial charge in [-0.25, -0.2) is 4.79 Å². The molecular formula is C37H44F2N4O7. The molecular weight excluding hydrogens is 650 g/mol. The number of nitrogens with zero attached hydrogens (tertiary/aromatic N) is 1. The van der Waals surface area contributed by atoms with E-state index in [0.717, 1.165) is 18.7 Å². The first kappa shape index (κ1) is 37.9. The van der Waals surface area contributed by atoms with Crippen LogP contribution in [0, 0.1) is 5.92 Å². The molecule has 1 heterocycles. The zero-order chi connectivity index (χ0) is 35.9. The van der Waals surface area contributed by atoms with Gasteiger partial charge in [0, 0.05) is 32.6 Å².